The quantitative estimate of drug-likeness (QED) is 0.692. The zero-order valence-corrected chi connectivity index (χ0v) is 7.69. The lowest BCUT2D eigenvalue weighted by molar-refractivity contribution is -0.121. The van der Waals surface area contributed by atoms with Gasteiger partial charge in [-0.2, -0.15) is 5.06 Å². The third-order valence-electron chi connectivity index (χ3n) is 1.95. The van der Waals surface area contributed by atoms with Gasteiger partial charge in [-0.25, -0.2) is 0 Å². The number of hydroxylamine groups is 2. The van der Waals surface area contributed by atoms with E-state index in [2.05, 4.69) is 10.2 Å². The van der Waals surface area contributed by atoms with E-state index in [1.165, 1.54) is 0 Å². The molecule has 1 saturated heterocycles. The number of hydrogen-bond donors (Lipinski definition) is 0. The molecule has 1 aromatic heterocycles. The normalized spacial score (nSPS) is 18.2. The number of hydrogen-bond acceptors (Lipinski definition) is 5. The Bertz CT molecular complexity index is 268. The fraction of sp³-hybridized carbons (Fsp3) is 0.750. The van der Waals surface area contributed by atoms with Gasteiger partial charge in [0.25, 0.3) is 0 Å². The SMILES string of the molecule is CCc1nnc(CN2CCCO2)o1. The Labute approximate surface area is 76.6 Å². The van der Waals surface area contributed by atoms with Crippen LogP contribution in [0.3, 0.4) is 0 Å². The van der Waals surface area contributed by atoms with Crippen LogP contribution in [0.1, 0.15) is 25.1 Å². The molecule has 1 aliphatic heterocycles. The Morgan fingerprint density at radius 3 is 2.85 bits per heavy atom. The van der Waals surface area contributed by atoms with Crippen molar-refractivity contribution in [2.75, 3.05) is 13.2 Å². The number of nitrogens with zero attached hydrogens (tertiary/aromatic N) is 3. The van der Waals surface area contributed by atoms with Gasteiger partial charge < -0.3 is 4.42 Å². The third-order valence-corrected chi connectivity index (χ3v) is 1.95. The Hall–Kier alpha value is -0.940. The molecule has 2 heterocycles. The van der Waals surface area contributed by atoms with Gasteiger partial charge in [-0.15, -0.1) is 10.2 Å². The molecular formula is C8H13N3O2. The maximum absolute atomic E-state index is 5.35. The largest absolute Gasteiger partial charge is 0.424 e. The van der Waals surface area contributed by atoms with E-state index >= 15 is 0 Å². The van der Waals surface area contributed by atoms with E-state index in [4.69, 9.17) is 9.25 Å². The molecule has 1 fully saturated rings. The number of rotatable bonds is 3. The molecule has 72 valence electrons. The van der Waals surface area contributed by atoms with E-state index in [1.807, 2.05) is 12.0 Å². The second kappa shape index (κ2) is 3.85. The molecule has 2 rings (SSSR count). The monoisotopic (exact) mass is 183 g/mol. The predicted octanol–water partition coefficient (Wildman–Crippen LogP) is 0.769. The van der Waals surface area contributed by atoms with Crippen molar-refractivity contribution in [1.29, 1.82) is 0 Å². The topological polar surface area (TPSA) is 51.4 Å². The molecule has 0 saturated carbocycles. The Morgan fingerprint density at radius 2 is 2.23 bits per heavy atom. The van der Waals surface area contributed by atoms with Crippen molar-refractivity contribution in [3.8, 4) is 0 Å². The van der Waals surface area contributed by atoms with Gasteiger partial charge in [-0.1, -0.05) is 6.92 Å². The van der Waals surface area contributed by atoms with Gasteiger partial charge in [0.2, 0.25) is 11.8 Å². The van der Waals surface area contributed by atoms with Crippen LogP contribution in [0.15, 0.2) is 4.42 Å². The molecule has 0 radical (unpaired) electrons. The molecule has 0 amide bonds. The average molecular weight is 183 g/mol. The Kier molecular flexibility index (Phi) is 2.56. The molecule has 0 unspecified atom stereocenters. The molecule has 0 atom stereocenters. The summed E-state index contributed by atoms with van der Waals surface area (Å²) in [5, 5.41) is 9.64. The highest BCUT2D eigenvalue weighted by Gasteiger charge is 2.15. The van der Waals surface area contributed by atoms with Crippen LogP contribution in [0.5, 0.6) is 0 Å². The zero-order chi connectivity index (χ0) is 9.10. The summed E-state index contributed by atoms with van der Waals surface area (Å²) in [5.41, 5.74) is 0. The van der Waals surface area contributed by atoms with E-state index in [-0.39, 0.29) is 0 Å². The highest BCUT2D eigenvalue weighted by molar-refractivity contribution is 4.80. The summed E-state index contributed by atoms with van der Waals surface area (Å²) in [4.78, 5) is 5.31. The first kappa shape index (κ1) is 8.65. The summed E-state index contributed by atoms with van der Waals surface area (Å²) in [6, 6.07) is 0. The summed E-state index contributed by atoms with van der Waals surface area (Å²) >= 11 is 0. The van der Waals surface area contributed by atoms with Crippen LogP contribution < -0.4 is 0 Å². The fourth-order valence-corrected chi connectivity index (χ4v) is 1.27. The molecule has 1 aliphatic rings. The Balaban J connectivity index is 1.92. The molecular weight excluding hydrogens is 170 g/mol. The molecule has 0 bridgehead atoms. The van der Waals surface area contributed by atoms with Crippen LogP contribution >= 0.6 is 0 Å². The second-order valence-corrected chi connectivity index (χ2v) is 2.99. The van der Waals surface area contributed by atoms with Crippen molar-refractivity contribution >= 4 is 0 Å². The minimum atomic E-state index is 0.604. The molecule has 5 heteroatoms. The van der Waals surface area contributed by atoms with Gasteiger partial charge in [0.05, 0.1) is 6.61 Å². The standard InChI is InChI=1S/C8H13N3O2/c1-2-7-9-10-8(13-7)6-11-4-3-5-12-11/h2-6H2,1H3. The molecule has 0 aromatic carbocycles. The molecule has 1 aromatic rings. The van der Waals surface area contributed by atoms with Crippen molar-refractivity contribution in [3.63, 3.8) is 0 Å². The van der Waals surface area contributed by atoms with Crippen molar-refractivity contribution in [1.82, 2.24) is 15.3 Å². The minimum absolute atomic E-state index is 0.604. The molecule has 0 spiro atoms. The fourth-order valence-electron chi connectivity index (χ4n) is 1.27. The number of aromatic nitrogens is 2. The minimum Gasteiger partial charge on any atom is -0.424 e. The summed E-state index contributed by atoms with van der Waals surface area (Å²) < 4.78 is 5.35. The van der Waals surface area contributed by atoms with Crippen molar-refractivity contribution < 1.29 is 9.25 Å². The first-order valence-electron chi connectivity index (χ1n) is 4.57. The van der Waals surface area contributed by atoms with Gasteiger partial charge >= 0.3 is 0 Å². The lowest BCUT2D eigenvalue weighted by Crippen LogP contribution is -2.17. The van der Waals surface area contributed by atoms with Crippen LogP contribution in [0.2, 0.25) is 0 Å². The van der Waals surface area contributed by atoms with Crippen molar-refractivity contribution in [2.24, 2.45) is 0 Å². The van der Waals surface area contributed by atoms with E-state index in [1.54, 1.807) is 0 Å². The summed E-state index contributed by atoms with van der Waals surface area (Å²) in [6.07, 6.45) is 1.86. The zero-order valence-electron chi connectivity index (χ0n) is 7.69. The van der Waals surface area contributed by atoms with E-state index in [9.17, 15) is 0 Å². The average Bonchev–Trinajstić information content (AvgIpc) is 2.76. The van der Waals surface area contributed by atoms with Gasteiger partial charge in [0, 0.05) is 13.0 Å². The van der Waals surface area contributed by atoms with Crippen LogP contribution in [-0.4, -0.2) is 28.4 Å². The maximum atomic E-state index is 5.35. The molecule has 5 nitrogen and oxygen atoms in total. The second-order valence-electron chi connectivity index (χ2n) is 2.99. The van der Waals surface area contributed by atoms with E-state index < -0.39 is 0 Å². The predicted molar refractivity (Wildman–Crippen MR) is 44.7 cm³/mol. The smallest absolute Gasteiger partial charge is 0.232 e. The van der Waals surface area contributed by atoms with Gasteiger partial charge in [-0.05, 0) is 6.42 Å². The van der Waals surface area contributed by atoms with Crippen molar-refractivity contribution in [3.05, 3.63) is 11.8 Å². The highest BCUT2D eigenvalue weighted by Crippen LogP contribution is 2.09. The van der Waals surface area contributed by atoms with Crippen LogP contribution in [0.4, 0.5) is 0 Å². The number of aryl methyl sites for hydroxylation is 1. The van der Waals surface area contributed by atoms with Crippen molar-refractivity contribution in [2.45, 2.75) is 26.3 Å². The van der Waals surface area contributed by atoms with Crippen LogP contribution in [0, 0.1) is 0 Å². The van der Waals surface area contributed by atoms with E-state index in [0.29, 0.717) is 18.3 Å². The first-order chi connectivity index (χ1) is 6.38. The highest BCUT2D eigenvalue weighted by atomic mass is 16.7. The summed E-state index contributed by atoms with van der Waals surface area (Å²) in [7, 11) is 0. The summed E-state index contributed by atoms with van der Waals surface area (Å²) in [5.74, 6) is 1.33. The van der Waals surface area contributed by atoms with E-state index in [0.717, 1.165) is 26.0 Å². The first-order valence-corrected chi connectivity index (χ1v) is 4.57. The molecule has 0 aliphatic carbocycles. The molecule has 13 heavy (non-hydrogen) atoms. The van der Waals surface area contributed by atoms with Crippen LogP contribution in [0.25, 0.3) is 0 Å². The summed E-state index contributed by atoms with van der Waals surface area (Å²) in [6.45, 7) is 4.34. The third kappa shape index (κ3) is 2.05. The lowest BCUT2D eigenvalue weighted by atomic mass is 10.5. The van der Waals surface area contributed by atoms with Gasteiger partial charge in [0.1, 0.15) is 6.54 Å². The van der Waals surface area contributed by atoms with Gasteiger partial charge in [-0.3, -0.25) is 4.84 Å². The Morgan fingerprint density at radius 1 is 1.38 bits per heavy atom. The van der Waals surface area contributed by atoms with Crippen LogP contribution in [-0.2, 0) is 17.8 Å². The lowest BCUT2D eigenvalue weighted by Gasteiger charge is -2.09. The van der Waals surface area contributed by atoms with Gasteiger partial charge in [0.15, 0.2) is 0 Å². The maximum Gasteiger partial charge on any atom is 0.232 e. The molecule has 0 N–H and O–H groups in total.